The predicted octanol–water partition coefficient (Wildman–Crippen LogP) is 3.10. The molecule has 3 aromatic rings. The summed E-state index contributed by atoms with van der Waals surface area (Å²) in [6, 6.07) is 9.59. The van der Waals surface area contributed by atoms with Crippen LogP contribution < -0.4 is 9.47 Å². The maximum Gasteiger partial charge on any atom is 0.264 e. The molecule has 7 heteroatoms. The number of benzene rings is 1. The van der Waals surface area contributed by atoms with Crippen molar-refractivity contribution in [2.45, 2.75) is 51.3 Å². The number of para-hydroxylation sites is 2. The van der Waals surface area contributed by atoms with Crippen LogP contribution in [0, 0.1) is 6.92 Å². The Morgan fingerprint density at radius 1 is 1.24 bits per heavy atom. The minimum Gasteiger partial charge on any atom is -0.493 e. The molecule has 1 saturated heterocycles. The molecule has 0 spiro atoms. The van der Waals surface area contributed by atoms with Gasteiger partial charge in [0.1, 0.15) is 0 Å². The Kier molecular flexibility index (Phi) is 4.19. The van der Waals surface area contributed by atoms with Crippen LogP contribution in [0.25, 0.3) is 5.65 Å². The monoisotopic (exact) mass is 392 g/mol. The fraction of sp³-hybridized carbons (Fsp3) is 0.409. The van der Waals surface area contributed by atoms with Gasteiger partial charge in [0, 0.05) is 30.3 Å². The second-order valence-electron chi connectivity index (χ2n) is 7.82. The molecule has 150 valence electrons. The number of carbonyl (C=O) groups is 1. The second kappa shape index (κ2) is 6.76. The van der Waals surface area contributed by atoms with Crippen molar-refractivity contribution in [2.75, 3.05) is 7.11 Å². The molecular formula is C22H24N4O3. The molecule has 7 nitrogen and oxygen atoms in total. The first kappa shape index (κ1) is 18.0. The van der Waals surface area contributed by atoms with Crippen LogP contribution in [0.1, 0.15) is 42.8 Å². The van der Waals surface area contributed by atoms with Crippen molar-refractivity contribution in [1.29, 1.82) is 0 Å². The lowest BCUT2D eigenvalue weighted by Gasteiger charge is -2.37. The Balaban J connectivity index is 1.43. The third kappa shape index (κ3) is 2.84. The fourth-order valence-electron chi connectivity index (χ4n) is 4.70. The smallest absolute Gasteiger partial charge is 0.264 e. The van der Waals surface area contributed by atoms with Crippen molar-refractivity contribution in [3.8, 4) is 11.5 Å². The van der Waals surface area contributed by atoms with Gasteiger partial charge in [-0.05, 0) is 38.8 Å². The zero-order chi connectivity index (χ0) is 20.1. The molecule has 0 saturated carbocycles. The van der Waals surface area contributed by atoms with Crippen molar-refractivity contribution >= 4 is 11.6 Å². The highest BCUT2D eigenvalue weighted by molar-refractivity contribution is 5.82. The summed E-state index contributed by atoms with van der Waals surface area (Å²) in [6.45, 7) is 3.78. The summed E-state index contributed by atoms with van der Waals surface area (Å²) in [5.74, 6) is 1.21. The van der Waals surface area contributed by atoms with E-state index in [2.05, 4.69) is 10.1 Å². The van der Waals surface area contributed by atoms with Gasteiger partial charge in [0.2, 0.25) is 0 Å². The van der Waals surface area contributed by atoms with Gasteiger partial charge in [-0.1, -0.05) is 12.1 Å². The van der Waals surface area contributed by atoms with Crippen LogP contribution >= 0.6 is 0 Å². The zero-order valence-corrected chi connectivity index (χ0v) is 16.8. The van der Waals surface area contributed by atoms with Gasteiger partial charge >= 0.3 is 0 Å². The molecule has 4 heterocycles. The topological polar surface area (TPSA) is 69.0 Å². The van der Waals surface area contributed by atoms with Crippen LogP contribution in [0.2, 0.25) is 0 Å². The number of methoxy groups -OCH3 is 1. The van der Waals surface area contributed by atoms with Gasteiger partial charge in [-0.3, -0.25) is 4.79 Å². The van der Waals surface area contributed by atoms with Gasteiger partial charge in [0.05, 0.1) is 24.5 Å². The van der Waals surface area contributed by atoms with E-state index in [1.54, 1.807) is 7.11 Å². The summed E-state index contributed by atoms with van der Waals surface area (Å²) in [7, 11) is 1.60. The summed E-state index contributed by atoms with van der Waals surface area (Å²) in [6.07, 6.45) is 4.04. The van der Waals surface area contributed by atoms with Gasteiger partial charge in [0.25, 0.3) is 5.91 Å². The first-order chi connectivity index (χ1) is 14.1. The zero-order valence-electron chi connectivity index (χ0n) is 16.8. The predicted molar refractivity (Wildman–Crippen MR) is 107 cm³/mol. The van der Waals surface area contributed by atoms with Crippen LogP contribution in [0.5, 0.6) is 11.5 Å². The number of fused-ring (bicyclic) bond motifs is 6. The number of hydrogen-bond donors (Lipinski definition) is 0. The molecule has 2 aliphatic rings. The van der Waals surface area contributed by atoms with Gasteiger partial charge < -0.3 is 14.4 Å². The standard InChI is InChI=1S/C22H24N4O3/c1-13-10-21-23-12-16-17-9-8-15(11-18(16)26(21)24-13)25(17)22(27)14(2)29-20-7-5-4-6-19(20)28-3/h4-7,10,12,14-15,17H,8-9,11H2,1-3H3/t14-,15-,17-/m1/s1. The molecule has 1 fully saturated rings. The van der Waals surface area contributed by atoms with Gasteiger partial charge in [0.15, 0.2) is 23.3 Å². The Morgan fingerprint density at radius 3 is 2.83 bits per heavy atom. The average Bonchev–Trinajstić information content (AvgIpc) is 3.26. The molecule has 5 rings (SSSR count). The van der Waals surface area contributed by atoms with Crippen LogP contribution in [0.4, 0.5) is 0 Å². The number of nitrogens with zero attached hydrogens (tertiary/aromatic N) is 4. The third-order valence-corrected chi connectivity index (χ3v) is 6.00. The number of ether oxygens (including phenoxy) is 2. The van der Waals surface area contributed by atoms with Crippen molar-refractivity contribution in [2.24, 2.45) is 0 Å². The maximum absolute atomic E-state index is 13.4. The van der Waals surface area contributed by atoms with Gasteiger partial charge in [-0.2, -0.15) is 5.10 Å². The Hall–Kier alpha value is -3.09. The molecule has 1 amide bonds. The van der Waals surface area contributed by atoms with E-state index in [1.165, 1.54) is 5.69 Å². The van der Waals surface area contributed by atoms with E-state index in [9.17, 15) is 4.79 Å². The minimum atomic E-state index is -0.598. The molecule has 0 unspecified atom stereocenters. The molecule has 0 N–H and O–H groups in total. The lowest BCUT2D eigenvalue weighted by Crippen LogP contribution is -2.47. The van der Waals surface area contributed by atoms with E-state index in [0.717, 1.165) is 36.2 Å². The SMILES string of the molecule is COc1ccccc1O[C@H](C)C(=O)N1[C@@H]2CC[C@@H]1c1cnc3cc(C)nn3c1C2. The number of carbonyl (C=O) groups excluding carboxylic acids is 1. The molecule has 2 aliphatic heterocycles. The number of aryl methyl sites for hydroxylation is 1. The number of hydrogen-bond acceptors (Lipinski definition) is 5. The van der Waals surface area contributed by atoms with Crippen LogP contribution in [0.3, 0.4) is 0 Å². The summed E-state index contributed by atoms with van der Waals surface area (Å²) in [4.78, 5) is 19.9. The lowest BCUT2D eigenvalue weighted by molar-refractivity contribution is -0.141. The fourth-order valence-corrected chi connectivity index (χ4v) is 4.70. The normalized spacial score (nSPS) is 21.1. The Labute approximate surface area is 169 Å². The van der Waals surface area contributed by atoms with E-state index < -0.39 is 6.10 Å². The Morgan fingerprint density at radius 2 is 2.03 bits per heavy atom. The number of rotatable bonds is 4. The minimum absolute atomic E-state index is 0.00537. The molecular weight excluding hydrogens is 368 g/mol. The maximum atomic E-state index is 13.4. The van der Waals surface area contributed by atoms with Crippen LogP contribution in [-0.2, 0) is 11.2 Å². The second-order valence-corrected chi connectivity index (χ2v) is 7.82. The number of aromatic nitrogens is 3. The first-order valence-corrected chi connectivity index (χ1v) is 10.0. The number of amides is 1. The third-order valence-electron chi connectivity index (χ3n) is 6.00. The highest BCUT2D eigenvalue weighted by atomic mass is 16.5. The van der Waals surface area contributed by atoms with E-state index >= 15 is 0 Å². The quantitative estimate of drug-likeness (QED) is 0.682. The van der Waals surface area contributed by atoms with Crippen LogP contribution in [-0.4, -0.2) is 44.7 Å². The van der Waals surface area contributed by atoms with Gasteiger partial charge in [-0.15, -0.1) is 0 Å². The highest BCUT2D eigenvalue weighted by Gasteiger charge is 2.45. The summed E-state index contributed by atoms with van der Waals surface area (Å²) in [5, 5.41) is 4.62. The highest BCUT2D eigenvalue weighted by Crippen LogP contribution is 2.44. The van der Waals surface area contributed by atoms with E-state index in [4.69, 9.17) is 9.47 Å². The first-order valence-electron chi connectivity index (χ1n) is 10.0. The molecule has 0 radical (unpaired) electrons. The molecule has 3 atom stereocenters. The average molecular weight is 392 g/mol. The molecule has 2 aromatic heterocycles. The lowest BCUT2D eigenvalue weighted by atomic mass is 9.98. The molecule has 1 aromatic carbocycles. The van der Waals surface area contributed by atoms with Crippen molar-refractivity contribution in [1.82, 2.24) is 19.5 Å². The summed E-state index contributed by atoms with van der Waals surface area (Å²) >= 11 is 0. The van der Waals surface area contributed by atoms with E-state index in [1.807, 2.05) is 59.8 Å². The summed E-state index contributed by atoms with van der Waals surface area (Å²) < 4.78 is 13.3. The molecule has 29 heavy (non-hydrogen) atoms. The Bertz CT molecular complexity index is 1090. The largest absolute Gasteiger partial charge is 0.493 e. The van der Waals surface area contributed by atoms with E-state index in [0.29, 0.717) is 11.5 Å². The summed E-state index contributed by atoms with van der Waals surface area (Å²) in [5.41, 5.74) is 4.11. The van der Waals surface area contributed by atoms with E-state index in [-0.39, 0.29) is 18.0 Å². The van der Waals surface area contributed by atoms with Crippen molar-refractivity contribution in [3.63, 3.8) is 0 Å². The van der Waals surface area contributed by atoms with Crippen molar-refractivity contribution in [3.05, 3.63) is 53.5 Å². The van der Waals surface area contributed by atoms with Gasteiger partial charge in [-0.25, -0.2) is 9.50 Å². The van der Waals surface area contributed by atoms with Crippen LogP contribution in [0.15, 0.2) is 36.5 Å². The molecule has 2 bridgehead atoms. The van der Waals surface area contributed by atoms with Crippen molar-refractivity contribution < 1.29 is 14.3 Å². The molecule has 0 aliphatic carbocycles.